The standard InChI is InChI=1S/C15H16F2N2O4S/c1-15(2,3)19-24(21,22)12-8-7-11(23-12)14(20)18-13-9(16)5-4-6-10(13)17/h4-8,19H,1-3H3,(H,18,20). The summed E-state index contributed by atoms with van der Waals surface area (Å²) in [4.78, 5) is 12.0. The molecule has 24 heavy (non-hydrogen) atoms. The summed E-state index contributed by atoms with van der Waals surface area (Å²) in [6.45, 7) is 4.92. The second-order valence-electron chi connectivity index (χ2n) is 6.02. The molecule has 0 aliphatic heterocycles. The number of anilines is 1. The van der Waals surface area contributed by atoms with Gasteiger partial charge in [-0.25, -0.2) is 21.9 Å². The van der Waals surface area contributed by atoms with Crippen molar-refractivity contribution in [1.82, 2.24) is 4.72 Å². The van der Waals surface area contributed by atoms with E-state index in [1.54, 1.807) is 20.8 Å². The first kappa shape index (κ1) is 18.1. The molecule has 1 aromatic heterocycles. The molecule has 1 amide bonds. The Hall–Kier alpha value is -2.26. The first-order valence-corrected chi connectivity index (χ1v) is 8.37. The lowest BCUT2D eigenvalue weighted by Crippen LogP contribution is -2.40. The fraction of sp³-hybridized carbons (Fsp3) is 0.267. The molecular weight excluding hydrogens is 342 g/mol. The Labute approximate surface area is 137 Å². The van der Waals surface area contributed by atoms with Gasteiger partial charge in [0.15, 0.2) is 5.76 Å². The average Bonchev–Trinajstić information content (AvgIpc) is 2.91. The number of carbonyl (C=O) groups excluding carboxylic acids is 1. The van der Waals surface area contributed by atoms with Crippen LogP contribution in [-0.4, -0.2) is 19.9 Å². The number of rotatable bonds is 4. The molecule has 2 N–H and O–H groups in total. The van der Waals surface area contributed by atoms with Crippen LogP contribution in [0.4, 0.5) is 14.5 Å². The van der Waals surface area contributed by atoms with E-state index in [0.717, 1.165) is 30.3 Å². The molecule has 1 heterocycles. The molecule has 0 radical (unpaired) electrons. The van der Waals surface area contributed by atoms with Gasteiger partial charge in [0, 0.05) is 5.54 Å². The Kier molecular flexibility index (Phi) is 4.77. The van der Waals surface area contributed by atoms with Gasteiger partial charge >= 0.3 is 0 Å². The summed E-state index contributed by atoms with van der Waals surface area (Å²) in [6, 6.07) is 5.29. The van der Waals surface area contributed by atoms with Crippen molar-refractivity contribution in [1.29, 1.82) is 0 Å². The van der Waals surface area contributed by atoms with E-state index in [1.807, 2.05) is 5.32 Å². The highest BCUT2D eigenvalue weighted by Gasteiger charge is 2.26. The molecular formula is C15H16F2N2O4S. The summed E-state index contributed by atoms with van der Waals surface area (Å²) in [5, 5.41) is 1.53. The van der Waals surface area contributed by atoms with E-state index >= 15 is 0 Å². The van der Waals surface area contributed by atoms with Crippen molar-refractivity contribution in [3.8, 4) is 0 Å². The lowest BCUT2D eigenvalue weighted by Gasteiger charge is -2.18. The van der Waals surface area contributed by atoms with Crippen molar-refractivity contribution in [3.05, 3.63) is 47.7 Å². The van der Waals surface area contributed by atoms with Gasteiger partial charge in [-0.15, -0.1) is 0 Å². The van der Waals surface area contributed by atoms with E-state index in [2.05, 4.69) is 4.72 Å². The summed E-state index contributed by atoms with van der Waals surface area (Å²) in [5.74, 6) is -3.29. The highest BCUT2D eigenvalue weighted by Crippen LogP contribution is 2.21. The number of benzene rings is 1. The van der Waals surface area contributed by atoms with Crippen molar-refractivity contribution in [2.45, 2.75) is 31.4 Å². The first-order valence-electron chi connectivity index (χ1n) is 6.89. The topological polar surface area (TPSA) is 88.4 Å². The van der Waals surface area contributed by atoms with Gasteiger partial charge in [-0.05, 0) is 45.0 Å². The number of halogens is 2. The predicted molar refractivity (Wildman–Crippen MR) is 83.1 cm³/mol. The smallest absolute Gasteiger partial charge is 0.291 e. The zero-order valence-electron chi connectivity index (χ0n) is 13.2. The zero-order chi connectivity index (χ0) is 18.1. The van der Waals surface area contributed by atoms with E-state index in [0.29, 0.717) is 0 Å². The summed E-state index contributed by atoms with van der Waals surface area (Å²) in [7, 11) is -3.96. The van der Waals surface area contributed by atoms with Gasteiger partial charge in [0.05, 0.1) is 0 Å². The minimum absolute atomic E-state index is 0.396. The van der Waals surface area contributed by atoms with Gasteiger partial charge < -0.3 is 9.73 Å². The Balaban J connectivity index is 2.23. The van der Waals surface area contributed by atoms with Crippen molar-refractivity contribution in [3.63, 3.8) is 0 Å². The molecule has 0 fully saturated rings. The van der Waals surface area contributed by atoms with E-state index < -0.39 is 49.6 Å². The second-order valence-corrected chi connectivity index (χ2v) is 7.64. The fourth-order valence-electron chi connectivity index (χ4n) is 1.83. The highest BCUT2D eigenvalue weighted by atomic mass is 32.2. The maximum atomic E-state index is 13.5. The van der Waals surface area contributed by atoms with Crippen molar-refractivity contribution in [2.75, 3.05) is 5.32 Å². The molecule has 2 aromatic rings. The Morgan fingerprint density at radius 1 is 1.08 bits per heavy atom. The molecule has 9 heteroatoms. The van der Waals surface area contributed by atoms with Gasteiger partial charge in [0.2, 0.25) is 5.09 Å². The fourth-order valence-corrected chi connectivity index (χ4v) is 3.19. The third kappa shape index (κ3) is 4.18. The Morgan fingerprint density at radius 3 is 2.21 bits per heavy atom. The van der Waals surface area contributed by atoms with Gasteiger partial charge in [0.1, 0.15) is 17.3 Å². The quantitative estimate of drug-likeness (QED) is 0.880. The molecule has 0 saturated carbocycles. The third-order valence-electron chi connectivity index (χ3n) is 2.71. The van der Waals surface area contributed by atoms with Crippen LogP contribution in [0.1, 0.15) is 31.3 Å². The van der Waals surface area contributed by atoms with Crippen molar-refractivity contribution in [2.24, 2.45) is 0 Å². The van der Waals surface area contributed by atoms with Crippen LogP contribution in [0.3, 0.4) is 0 Å². The maximum absolute atomic E-state index is 13.5. The van der Waals surface area contributed by atoms with Gasteiger partial charge in [0.25, 0.3) is 15.9 Å². The van der Waals surface area contributed by atoms with Gasteiger partial charge in [-0.2, -0.15) is 0 Å². The van der Waals surface area contributed by atoms with E-state index in [4.69, 9.17) is 4.42 Å². The maximum Gasteiger partial charge on any atom is 0.291 e. The monoisotopic (exact) mass is 358 g/mol. The van der Waals surface area contributed by atoms with E-state index in [9.17, 15) is 22.0 Å². The minimum Gasteiger partial charge on any atom is -0.438 e. The van der Waals surface area contributed by atoms with E-state index in [-0.39, 0.29) is 0 Å². The number of para-hydroxylation sites is 1. The van der Waals surface area contributed by atoms with Crippen LogP contribution in [-0.2, 0) is 10.0 Å². The number of hydrogen-bond donors (Lipinski definition) is 2. The molecule has 6 nitrogen and oxygen atoms in total. The molecule has 2 rings (SSSR count). The SMILES string of the molecule is CC(C)(C)NS(=O)(=O)c1ccc(C(=O)Nc2c(F)cccc2F)o1. The van der Waals surface area contributed by atoms with Crippen LogP contribution in [0.5, 0.6) is 0 Å². The van der Waals surface area contributed by atoms with Gasteiger partial charge in [-0.3, -0.25) is 4.79 Å². The van der Waals surface area contributed by atoms with Crippen molar-refractivity contribution < 1.29 is 26.4 Å². The minimum atomic E-state index is -3.96. The van der Waals surface area contributed by atoms with Crippen molar-refractivity contribution >= 4 is 21.6 Å². The largest absolute Gasteiger partial charge is 0.438 e. The normalized spacial score (nSPS) is 12.2. The van der Waals surface area contributed by atoms with E-state index in [1.165, 1.54) is 0 Å². The van der Waals surface area contributed by atoms with Crippen LogP contribution in [0, 0.1) is 11.6 Å². The molecule has 0 saturated heterocycles. The summed E-state index contributed by atoms with van der Waals surface area (Å²) in [5.41, 5.74) is -1.39. The molecule has 1 aromatic carbocycles. The zero-order valence-corrected chi connectivity index (χ0v) is 14.0. The summed E-state index contributed by atoms with van der Waals surface area (Å²) < 4.78 is 58.6. The third-order valence-corrected chi connectivity index (χ3v) is 4.34. The molecule has 130 valence electrons. The lowest BCUT2D eigenvalue weighted by molar-refractivity contribution is 0.0990. The molecule has 0 aliphatic rings. The molecule has 0 unspecified atom stereocenters. The number of nitrogens with one attached hydrogen (secondary N) is 2. The lowest BCUT2D eigenvalue weighted by atomic mass is 10.1. The number of sulfonamides is 1. The summed E-state index contributed by atoms with van der Waals surface area (Å²) >= 11 is 0. The van der Waals surface area contributed by atoms with Gasteiger partial charge in [-0.1, -0.05) is 6.07 Å². The number of amides is 1. The van der Waals surface area contributed by atoms with Crippen LogP contribution in [0.15, 0.2) is 39.8 Å². The number of carbonyl (C=O) groups is 1. The van der Waals surface area contributed by atoms with Crippen LogP contribution < -0.4 is 10.0 Å². The Morgan fingerprint density at radius 2 is 1.67 bits per heavy atom. The summed E-state index contributed by atoms with van der Waals surface area (Å²) in [6.07, 6.45) is 0. The average molecular weight is 358 g/mol. The van der Waals surface area contributed by atoms with Crippen LogP contribution in [0.2, 0.25) is 0 Å². The predicted octanol–water partition coefficient (Wildman–Crippen LogP) is 2.89. The Bertz CT molecular complexity index is 850. The molecule has 0 atom stereocenters. The van der Waals surface area contributed by atoms with Crippen LogP contribution in [0.25, 0.3) is 0 Å². The van der Waals surface area contributed by atoms with Crippen LogP contribution >= 0.6 is 0 Å². The highest BCUT2D eigenvalue weighted by molar-refractivity contribution is 7.89. The number of hydrogen-bond acceptors (Lipinski definition) is 4. The molecule has 0 aliphatic carbocycles. The second kappa shape index (κ2) is 6.33. The molecule has 0 spiro atoms. The first-order chi connectivity index (χ1) is 11.0. The molecule has 0 bridgehead atoms. The number of furan rings is 1.